The van der Waals surface area contributed by atoms with Crippen molar-refractivity contribution >= 4 is 44.9 Å². The third-order valence-electron chi connectivity index (χ3n) is 6.64. The zero-order valence-corrected chi connectivity index (χ0v) is 21.3. The van der Waals surface area contributed by atoms with Crippen molar-refractivity contribution in [1.82, 2.24) is 5.32 Å². The van der Waals surface area contributed by atoms with Gasteiger partial charge in [-0.25, -0.2) is 0 Å². The minimum absolute atomic E-state index is 0.0162. The first-order valence-electron chi connectivity index (χ1n) is 11.5. The SMILES string of the molecule is Cc1ccc(S(=O)(=O)Oc2c(Cl)cc(Cl)cc2C2C3=C(CCCC3=O)NC3=C2C(=O)CCC3)cc1. The van der Waals surface area contributed by atoms with Crippen LogP contribution in [0.3, 0.4) is 0 Å². The average molecular weight is 532 g/mol. The van der Waals surface area contributed by atoms with Gasteiger partial charge in [-0.3, -0.25) is 9.59 Å². The molecule has 0 fully saturated rings. The van der Waals surface area contributed by atoms with E-state index in [1.54, 1.807) is 18.2 Å². The number of benzene rings is 2. The largest absolute Gasteiger partial charge is 0.377 e. The van der Waals surface area contributed by atoms with E-state index in [1.165, 1.54) is 18.2 Å². The lowest BCUT2D eigenvalue weighted by molar-refractivity contribution is -0.116. The van der Waals surface area contributed by atoms with E-state index >= 15 is 0 Å². The van der Waals surface area contributed by atoms with Gasteiger partial charge in [0.15, 0.2) is 17.3 Å². The molecule has 0 saturated heterocycles. The van der Waals surface area contributed by atoms with Gasteiger partial charge in [0.25, 0.3) is 0 Å². The van der Waals surface area contributed by atoms with Gasteiger partial charge in [-0.05, 0) is 56.9 Å². The minimum Gasteiger partial charge on any atom is -0.377 e. The predicted molar refractivity (Wildman–Crippen MR) is 133 cm³/mol. The maximum Gasteiger partial charge on any atom is 0.339 e. The van der Waals surface area contributed by atoms with E-state index in [1.807, 2.05) is 6.92 Å². The summed E-state index contributed by atoms with van der Waals surface area (Å²) in [6.45, 7) is 1.85. The van der Waals surface area contributed by atoms with E-state index in [0.717, 1.165) is 17.0 Å². The van der Waals surface area contributed by atoms with Crippen molar-refractivity contribution in [2.45, 2.75) is 56.3 Å². The van der Waals surface area contributed by atoms with Crippen LogP contribution in [0, 0.1) is 6.92 Å². The van der Waals surface area contributed by atoms with E-state index in [9.17, 15) is 18.0 Å². The van der Waals surface area contributed by atoms with Crippen LogP contribution < -0.4 is 9.50 Å². The first-order chi connectivity index (χ1) is 16.7. The van der Waals surface area contributed by atoms with E-state index in [0.29, 0.717) is 55.2 Å². The summed E-state index contributed by atoms with van der Waals surface area (Å²) < 4.78 is 32.0. The molecule has 0 unspecified atom stereocenters. The number of aryl methyl sites for hydroxylation is 1. The molecule has 0 bridgehead atoms. The molecule has 9 heteroatoms. The zero-order valence-electron chi connectivity index (χ0n) is 19.0. The summed E-state index contributed by atoms with van der Waals surface area (Å²) in [5, 5.41) is 3.57. The van der Waals surface area contributed by atoms with Crippen LogP contribution in [0.15, 0.2) is 63.8 Å². The van der Waals surface area contributed by atoms with E-state index in [-0.39, 0.29) is 32.3 Å². The van der Waals surface area contributed by atoms with Gasteiger partial charge < -0.3 is 9.50 Å². The second kappa shape index (κ2) is 9.12. The van der Waals surface area contributed by atoms with Crippen molar-refractivity contribution in [2.75, 3.05) is 0 Å². The number of halogens is 2. The molecule has 2 aliphatic carbocycles. The van der Waals surface area contributed by atoms with Crippen molar-refractivity contribution in [3.05, 3.63) is 80.1 Å². The lowest BCUT2D eigenvalue weighted by atomic mass is 9.71. The summed E-state index contributed by atoms with van der Waals surface area (Å²) in [5.41, 5.74) is 3.65. The van der Waals surface area contributed by atoms with Gasteiger partial charge in [0.05, 0.1) is 5.02 Å². The highest BCUT2D eigenvalue weighted by molar-refractivity contribution is 7.87. The molecule has 1 heterocycles. The highest BCUT2D eigenvalue weighted by Crippen LogP contribution is 2.50. The zero-order chi connectivity index (χ0) is 24.9. The van der Waals surface area contributed by atoms with Gasteiger partial charge in [-0.15, -0.1) is 0 Å². The number of allylic oxidation sites excluding steroid dienone is 4. The molecule has 6 nitrogen and oxygen atoms in total. The van der Waals surface area contributed by atoms with Gasteiger partial charge in [-0.2, -0.15) is 8.42 Å². The standard InChI is InChI=1S/C26H23Cl2NO5S/c1-14-8-10-16(11-9-14)35(32,33)34-26-17(12-15(27)13-18(26)28)23-24-19(4-2-6-21(24)30)29-20-5-3-7-22(31)25(20)23/h8-13,23,29H,2-7H2,1H3. The molecule has 1 N–H and O–H groups in total. The van der Waals surface area contributed by atoms with Crippen molar-refractivity contribution in [3.63, 3.8) is 0 Å². The summed E-state index contributed by atoms with van der Waals surface area (Å²) in [5.74, 6) is -1.10. The van der Waals surface area contributed by atoms with E-state index in [2.05, 4.69) is 5.32 Å². The van der Waals surface area contributed by atoms with Crippen molar-refractivity contribution in [1.29, 1.82) is 0 Å². The molecule has 0 saturated carbocycles. The topological polar surface area (TPSA) is 89.5 Å². The van der Waals surface area contributed by atoms with Gasteiger partial charge >= 0.3 is 10.1 Å². The molecular weight excluding hydrogens is 509 g/mol. The van der Waals surface area contributed by atoms with Crippen LogP contribution in [-0.2, 0) is 19.7 Å². The summed E-state index contributed by atoms with van der Waals surface area (Å²) in [4.78, 5) is 26.3. The van der Waals surface area contributed by atoms with Crippen LogP contribution in [0.25, 0.3) is 0 Å². The van der Waals surface area contributed by atoms with Crippen LogP contribution in [0.4, 0.5) is 0 Å². The Morgan fingerprint density at radius 3 is 2.03 bits per heavy atom. The third kappa shape index (κ3) is 4.41. The Morgan fingerprint density at radius 1 is 0.886 bits per heavy atom. The highest BCUT2D eigenvalue weighted by Gasteiger charge is 2.42. The smallest absolute Gasteiger partial charge is 0.339 e. The molecular formula is C26H23Cl2NO5S. The fourth-order valence-electron chi connectivity index (χ4n) is 5.04. The van der Waals surface area contributed by atoms with Gasteiger partial charge in [0.1, 0.15) is 4.90 Å². The number of hydrogen-bond donors (Lipinski definition) is 1. The quantitative estimate of drug-likeness (QED) is 0.503. The Labute approximate surface area is 214 Å². The first-order valence-corrected chi connectivity index (χ1v) is 13.6. The molecule has 2 aromatic rings. The fourth-order valence-corrected chi connectivity index (χ4v) is 6.60. The Hall–Kier alpha value is -2.61. The molecule has 2 aromatic carbocycles. The highest BCUT2D eigenvalue weighted by atomic mass is 35.5. The maximum absolute atomic E-state index is 13.2. The normalized spacial score (nSPS) is 18.8. The molecule has 0 amide bonds. The summed E-state index contributed by atoms with van der Waals surface area (Å²) in [6.07, 6.45) is 3.42. The second-order valence-electron chi connectivity index (χ2n) is 9.05. The summed E-state index contributed by atoms with van der Waals surface area (Å²) in [6, 6.07) is 9.18. The number of ketones is 2. The number of rotatable bonds is 4. The number of carbonyl (C=O) groups excluding carboxylic acids is 2. The Balaban J connectivity index is 1.71. The third-order valence-corrected chi connectivity index (χ3v) is 8.38. The Bertz CT molecular complexity index is 1380. The van der Waals surface area contributed by atoms with Crippen molar-refractivity contribution < 1.29 is 22.2 Å². The number of Topliss-reactive ketones (excluding diaryl/α,β-unsaturated/α-hetero) is 2. The molecule has 3 aliphatic rings. The monoisotopic (exact) mass is 531 g/mol. The number of nitrogens with one attached hydrogen (secondary N) is 1. The molecule has 182 valence electrons. The number of carbonyl (C=O) groups is 2. The van der Waals surface area contributed by atoms with Crippen LogP contribution in [0.1, 0.15) is 55.6 Å². The van der Waals surface area contributed by atoms with Crippen LogP contribution in [0.2, 0.25) is 10.0 Å². The van der Waals surface area contributed by atoms with Gasteiger partial charge in [0.2, 0.25) is 0 Å². The molecule has 0 aromatic heterocycles. The molecule has 0 spiro atoms. The van der Waals surface area contributed by atoms with Crippen molar-refractivity contribution in [3.8, 4) is 5.75 Å². The number of hydrogen-bond acceptors (Lipinski definition) is 6. The lowest BCUT2D eigenvalue weighted by Gasteiger charge is -2.37. The summed E-state index contributed by atoms with van der Waals surface area (Å²) >= 11 is 12.9. The fraction of sp³-hybridized carbons (Fsp3) is 0.308. The second-order valence-corrected chi connectivity index (χ2v) is 11.4. The summed E-state index contributed by atoms with van der Waals surface area (Å²) in [7, 11) is -4.26. The maximum atomic E-state index is 13.2. The molecule has 35 heavy (non-hydrogen) atoms. The molecule has 0 atom stereocenters. The van der Waals surface area contributed by atoms with Gasteiger partial charge in [0, 0.05) is 51.9 Å². The molecule has 5 rings (SSSR count). The van der Waals surface area contributed by atoms with Crippen molar-refractivity contribution in [2.24, 2.45) is 0 Å². The lowest BCUT2D eigenvalue weighted by Crippen LogP contribution is -2.36. The predicted octanol–water partition coefficient (Wildman–Crippen LogP) is 5.77. The van der Waals surface area contributed by atoms with Crippen LogP contribution in [-0.4, -0.2) is 20.0 Å². The Kier molecular flexibility index (Phi) is 6.28. The molecule has 0 radical (unpaired) electrons. The Morgan fingerprint density at radius 2 is 1.46 bits per heavy atom. The van der Waals surface area contributed by atoms with Gasteiger partial charge in [-0.1, -0.05) is 40.9 Å². The van der Waals surface area contributed by atoms with Crippen LogP contribution >= 0.6 is 23.2 Å². The number of dihydropyridines is 1. The average Bonchev–Trinajstić information content (AvgIpc) is 2.80. The van der Waals surface area contributed by atoms with E-state index < -0.39 is 16.0 Å². The molecule has 1 aliphatic heterocycles. The minimum atomic E-state index is -4.26. The van der Waals surface area contributed by atoms with E-state index in [4.69, 9.17) is 27.4 Å². The van der Waals surface area contributed by atoms with Crippen LogP contribution in [0.5, 0.6) is 5.75 Å². The first kappa shape index (κ1) is 24.1.